The molecule has 10 aromatic rings. The Bertz CT molecular complexity index is 2820. The molecule has 0 saturated carbocycles. The molecule has 0 saturated heterocycles. The van der Waals surface area contributed by atoms with Gasteiger partial charge in [0.15, 0.2) is 0 Å². The molecular formula is C46H30N2. The fourth-order valence-electron chi connectivity index (χ4n) is 7.70. The first kappa shape index (κ1) is 26.8. The standard InChI is InChI=1S/C46H30N2/c1-2-11-31(12-3-1)33-21-23-34(24-22-33)36-15-10-16-37(29-36)47-41-19-8-6-17-39(41)45-43(47)27-28-44-46(45)40-18-7-9-20-42(40)48(44)38-26-25-32-13-4-5-14-35(32)30-38/h1-30H. The fraction of sp³-hybridized carbons (Fsp3) is 0. The monoisotopic (exact) mass is 610 g/mol. The van der Waals surface area contributed by atoms with Crippen LogP contribution in [0.15, 0.2) is 182 Å². The van der Waals surface area contributed by atoms with Crippen molar-refractivity contribution in [3.05, 3.63) is 182 Å². The van der Waals surface area contributed by atoms with Crippen molar-refractivity contribution in [1.82, 2.24) is 9.13 Å². The molecule has 10 rings (SSSR count). The van der Waals surface area contributed by atoms with Crippen LogP contribution >= 0.6 is 0 Å². The van der Waals surface area contributed by atoms with Crippen molar-refractivity contribution < 1.29 is 0 Å². The molecule has 2 nitrogen and oxygen atoms in total. The predicted octanol–water partition coefficient (Wildman–Crippen LogP) is 12.4. The van der Waals surface area contributed by atoms with Crippen molar-refractivity contribution >= 4 is 54.4 Å². The first-order valence-electron chi connectivity index (χ1n) is 16.5. The minimum absolute atomic E-state index is 1.16. The van der Waals surface area contributed by atoms with E-state index in [1.807, 2.05) is 0 Å². The molecule has 224 valence electrons. The van der Waals surface area contributed by atoms with Gasteiger partial charge in [0.2, 0.25) is 0 Å². The van der Waals surface area contributed by atoms with Crippen molar-refractivity contribution in [2.75, 3.05) is 0 Å². The molecule has 2 heteroatoms. The third-order valence-electron chi connectivity index (χ3n) is 9.89. The molecule has 0 aliphatic rings. The molecular weight excluding hydrogens is 581 g/mol. The summed E-state index contributed by atoms with van der Waals surface area (Å²) in [5.74, 6) is 0. The maximum absolute atomic E-state index is 2.44. The average molecular weight is 611 g/mol. The van der Waals surface area contributed by atoms with Gasteiger partial charge in [-0.25, -0.2) is 0 Å². The number of rotatable bonds is 4. The van der Waals surface area contributed by atoms with E-state index in [2.05, 4.69) is 191 Å². The van der Waals surface area contributed by atoms with E-state index in [0.717, 1.165) is 5.69 Å². The van der Waals surface area contributed by atoms with Crippen molar-refractivity contribution in [3.63, 3.8) is 0 Å². The van der Waals surface area contributed by atoms with E-state index in [1.165, 1.54) is 82.3 Å². The molecule has 0 N–H and O–H groups in total. The summed E-state index contributed by atoms with van der Waals surface area (Å²) in [7, 11) is 0. The molecule has 2 heterocycles. The van der Waals surface area contributed by atoms with Gasteiger partial charge in [-0.05, 0) is 81.6 Å². The summed E-state index contributed by atoms with van der Waals surface area (Å²) < 4.78 is 4.87. The Balaban J connectivity index is 1.20. The maximum atomic E-state index is 2.44. The van der Waals surface area contributed by atoms with Crippen LogP contribution in [0.2, 0.25) is 0 Å². The third-order valence-corrected chi connectivity index (χ3v) is 9.89. The number of benzene rings is 8. The Labute approximate surface area is 278 Å². The van der Waals surface area contributed by atoms with E-state index < -0.39 is 0 Å². The van der Waals surface area contributed by atoms with E-state index >= 15 is 0 Å². The van der Waals surface area contributed by atoms with E-state index in [-0.39, 0.29) is 0 Å². The van der Waals surface area contributed by atoms with Crippen LogP contribution in [-0.4, -0.2) is 9.13 Å². The molecule has 0 fully saturated rings. The molecule has 0 amide bonds. The number of para-hydroxylation sites is 2. The summed E-state index contributed by atoms with van der Waals surface area (Å²) in [4.78, 5) is 0. The Morgan fingerprint density at radius 2 is 0.771 bits per heavy atom. The summed E-state index contributed by atoms with van der Waals surface area (Å²) in [6.45, 7) is 0. The highest BCUT2D eigenvalue weighted by atomic mass is 15.0. The summed E-state index contributed by atoms with van der Waals surface area (Å²) in [6.07, 6.45) is 0. The van der Waals surface area contributed by atoms with Gasteiger partial charge in [0.1, 0.15) is 0 Å². The molecule has 48 heavy (non-hydrogen) atoms. The van der Waals surface area contributed by atoms with E-state index in [1.54, 1.807) is 0 Å². The van der Waals surface area contributed by atoms with Crippen LogP contribution in [-0.2, 0) is 0 Å². The van der Waals surface area contributed by atoms with Gasteiger partial charge < -0.3 is 9.13 Å². The third kappa shape index (κ3) is 4.06. The second kappa shape index (κ2) is 10.6. The number of fused-ring (bicyclic) bond motifs is 8. The molecule has 0 aliphatic carbocycles. The molecule has 0 aliphatic heterocycles. The van der Waals surface area contributed by atoms with E-state index in [4.69, 9.17) is 0 Å². The minimum Gasteiger partial charge on any atom is -0.309 e. The van der Waals surface area contributed by atoms with Crippen molar-refractivity contribution in [2.45, 2.75) is 0 Å². The zero-order valence-corrected chi connectivity index (χ0v) is 26.2. The lowest BCUT2D eigenvalue weighted by Gasteiger charge is -2.12. The Morgan fingerprint density at radius 3 is 1.44 bits per heavy atom. The van der Waals surface area contributed by atoms with Crippen LogP contribution in [0.4, 0.5) is 0 Å². The van der Waals surface area contributed by atoms with Crippen LogP contribution in [0.3, 0.4) is 0 Å². The normalized spacial score (nSPS) is 11.8. The van der Waals surface area contributed by atoms with Crippen LogP contribution < -0.4 is 0 Å². The summed E-state index contributed by atoms with van der Waals surface area (Å²) in [6, 6.07) is 66.1. The Morgan fingerprint density at radius 1 is 0.271 bits per heavy atom. The summed E-state index contributed by atoms with van der Waals surface area (Å²) >= 11 is 0. The second-order valence-electron chi connectivity index (χ2n) is 12.6. The second-order valence-corrected chi connectivity index (χ2v) is 12.6. The largest absolute Gasteiger partial charge is 0.309 e. The molecule has 0 unspecified atom stereocenters. The van der Waals surface area contributed by atoms with Crippen molar-refractivity contribution in [3.8, 4) is 33.6 Å². The van der Waals surface area contributed by atoms with Crippen LogP contribution in [0.5, 0.6) is 0 Å². The van der Waals surface area contributed by atoms with Crippen molar-refractivity contribution in [1.29, 1.82) is 0 Å². The molecule has 2 aromatic heterocycles. The van der Waals surface area contributed by atoms with Gasteiger partial charge in [0.05, 0.1) is 22.1 Å². The predicted molar refractivity (Wildman–Crippen MR) is 203 cm³/mol. The van der Waals surface area contributed by atoms with Crippen LogP contribution in [0.1, 0.15) is 0 Å². The highest BCUT2D eigenvalue weighted by Gasteiger charge is 2.20. The Kier molecular flexibility index (Phi) is 5.91. The quantitative estimate of drug-likeness (QED) is 0.188. The summed E-state index contributed by atoms with van der Waals surface area (Å²) in [5, 5.41) is 7.60. The smallest absolute Gasteiger partial charge is 0.0548 e. The first-order chi connectivity index (χ1) is 23.8. The van der Waals surface area contributed by atoms with Gasteiger partial charge in [-0.15, -0.1) is 0 Å². The maximum Gasteiger partial charge on any atom is 0.0548 e. The zero-order chi connectivity index (χ0) is 31.6. The molecule has 0 atom stereocenters. The summed E-state index contributed by atoms with van der Waals surface area (Å²) in [5.41, 5.74) is 12.0. The molecule has 0 bridgehead atoms. The van der Waals surface area contributed by atoms with E-state index in [0.29, 0.717) is 0 Å². The molecule has 0 spiro atoms. The lowest BCUT2D eigenvalue weighted by Crippen LogP contribution is -1.95. The van der Waals surface area contributed by atoms with Gasteiger partial charge in [-0.3, -0.25) is 0 Å². The lowest BCUT2D eigenvalue weighted by atomic mass is 10.00. The van der Waals surface area contributed by atoms with Gasteiger partial charge in [0, 0.05) is 32.9 Å². The number of aromatic nitrogens is 2. The lowest BCUT2D eigenvalue weighted by molar-refractivity contribution is 1.17. The first-order valence-corrected chi connectivity index (χ1v) is 16.5. The van der Waals surface area contributed by atoms with Crippen LogP contribution in [0.25, 0.3) is 88.0 Å². The van der Waals surface area contributed by atoms with Gasteiger partial charge >= 0.3 is 0 Å². The average Bonchev–Trinajstić information content (AvgIpc) is 3.68. The molecule has 8 aromatic carbocycles. The fourth-order valence-corrected chi connectivity index (χ4v) is 7.70. The highest BCUT2D eigenvalue weighted by Crippen LogP contribution is 2.42. The zero-order valence-electron chi connectivity index (χ0n) is 26.2. The van der Waals surface area contributed by atoms with Gasteiger partial charge in [0.25, 0.3) is 0 Å². The number of hydrogen-bond acceptors (Lipinski definition) is 0. The number of hydrogen-bond donors (Lipinski definition) is 0. The van der Waals surface area contributed by atoms with Crippen molar-refractivity contribution in [2.24, 2.45) is 0 Å². The Hall–Kier alpha value is -6.38. The van der Waals surface area contributed by atoms with Crippen LogP contribution in [0, 0.1) is 0 Å². The SMILES string of the molecule is c1ccc(-c2ccc(-c3cccc(-n4c5ccccc5c5c6c7ccccc7n(-c7ccc8ccccc8c7)c6ccc54)c3)cc2)cc1. The minimum atomic E-state index is 1.16. The van der Waals surface area contributed by atoms with Gasteiger partial charge in [-0.1, -0.05) is 133 Å². The van der Waals surface area contributed by atoms with Gasteiger partial charge in [-0.2, -0.15) is 0 Å². The topological polar surface area (TPSA) is 9.86 Å². The molecule has 0 radical (unpaired) electrons. The van der Waals surface area contributed by atoms with E-state index in [9.17, 15) is 0 Å². The highest BCUT2D eigenvalue weighted by molar-refractivity contribution is 6.29. The number of nitrogens with zero attached hydrogens (tertiary/aromatic N) is 2.